The highest BCUT2D eigenvalue weighted by atomic mass is 16.6. The fourth-order valence-corrected chi connectivity index (χ4v) is 3.49. The number of amides is 1. The van der Waals surface area contributed by atoms with Crippen molar-refractivity contribution in [1.82, 2.24) is 9.88 Å². The van der Waals surface area contributed by atoms with Crippen LogP contribution < -0.4 is 5.32 Å². The number of hydrogen-bond donors (Lipinski definition) is 1. The predicted octanol–water partition coefficient (Wildman–Crippen LogP) is 5.16. The summed E-state index contributed by atoms with van der Waals surface area (Å²) in [6.07, 6.45) is 6.85. The first-order valence-electron chi connectivity index (χ1n) is 9.95. The van der Waals surface area contributed by atoms with E-state index in [2.05, 4.69) is 23.3 Å². The first-order valence-corrected chi connectivity index (χ1v) is 9.95. The normalized spacial score (nSPS) is 16.8. The van der Waals surface area contributed by atoms with Gasteiger partial charge in [-0.05, 0) is 37.3 Å². The number of ether oxygens (including phenoxy) is 1. The quantitative estimate of drug-likeness (QED) is 0.687. The molecule has 1 aliphatic rings. The van der Waals surface area contributed by atoms with E-state index in [1.54, 1.807) is 6.20 Å². The molecule has 1 aliphatic heterocycles. The van der Waals surface area contributed by atoms with Crippen molar-refractivity contribution >= 4 is 11.9 Å². The van der Waals surface area contributed by atoms with E-state index in [-0.39, 0.29) is 12.1 Å². The lowest BCUT2D eigenvalue weighted by Gasteiger charge is -2.35. The van der Waals surface area contributed by atoms with E-state index in [9.17, 15) is 4.79 Å². The van der Waals surface area contributed by atoms with Gasteiger partial charge in [-0.2, -0.15) is 0 Å². The average Bonchev–Trinajstić information content (AvgIpc) is 2.73. The number of carbonyl (C=O) groups excluding carboxylic acids is 1. The highest BCUT2D eigenvalue weighted by Crippen LogP contribution is 2.34. The van der Waals surface area contributed by atoms with Crippen LogP contribution in [0.4, 0.5) is 10.6 Å². The summed E-state index contributed by atoms with van der Waals surface area (Å²) in [5.74, 6) is 0.888. The van der Waals surface area contributed by atoms with E-state index in [0.29, 0.717) is 6.61 Å². The first kappa shape index (κ1) is 19.2. The van der Waals surface area contributed by atoms with Crippen LogP contribution in [0.25, 0.3) is 0 Å². The third-order valence-corrected chi connectivity index (χ3v) is 4.96. The first-order chi connectivity index (χ1) is 13.3. The second kappa shape index (κ2) is 9.95. The number of pyridine rings is 1. The lowest BCUT2D eigenvalue weighted by molar-refractivity contribution is 0.0680. The van der Waals surface area contributed by atoms with Gasteiger partial charge >= 0.3 is 6.09 Å². The van der Waals surface area contributed by atoms with Gasteiger partial charge in [0.25, 0.3) is 0 Å². The molecule has 1 aromatic carbocycles. The van der Waals surface area contributed by atoms with Gasteiger partial charge in [0.15, 0.2) is 0 Å². The molecule has 1 saturated heterocycles. The Hall–Kier alpha value is -2.56. The second-order valence-electron chi connectivity index (χ2n) is 6.97. The van der Waals surface area contributed by atoms with Gasteiger partial charge in [-0.25, -0.2) is 9.78 Å². The Bertz CT molecular complexity index is 721. The van der Waals surface area contributed by atoms with Gasteiger partial charge in [-0.1, -0.05) is 49.7 Å². The molecule has 144 valence electrons. The van der Waals surface area contributed by atoms with Crippen molar-refractivity contribution < 1.29 is 9.53 Å². The largest absolute Gasteiger partial charge is 0.445 e. The molecule has 0 unspecified atom stereocenters. The molecule has 0 saturated carbocycles. The van der Waals surface area contributed by atoms with Gasteiger partial charge in [0.1, 0.15) is 12.4 Å². The summed E-state index contributed by atoms with van der Waals surface area (Å²) in [6, 6.07) is 13.8. The SMILES string of the molecule is CCCCNc1ncccc1[C@H]1CCCCN1C(=O)OCc1ccccc1. The summed E-state index contributed by atoms with van der Waals surface area (Å²) >= 11 is 0. The van der Waals surface area contributed by atoms with E-state index in [0.717, 1.165) is 62.1 Å². The van der Waals surface area contributed by atoms with Crippen molar-refractivity contribution in [1.29, 1.82) is 0 Å². The molecule has 2 heterocycles. The lowest BCUT2D eigenvalue weighted by atomic mass is 9.96. The standard InChI is InChI=1S/C22H29N3O2/c1-2-3-14-23-21-19(12-9-15-24-21)20-13-7-8-16-25(20)22(26)27-17-18-10-5-4-6-11-18/h4-6,9-12,15,20H,2-3,7-8,13-14,16-17H2,1H3,(H,23,24)/t20-/m1/s1. The molecule has 0 aliphatic carbocycles. The minimum absolute atomic E-state index is 0.0137. The number of aromatic nitrogens is 1. The summed E-state index contributed by atoms with van der Waals surface area (Å²) < 4.78 is 5.60. The minimum Gasteiger partial charge on any atom is -0.445 e. The summed E-state index contributed by atoms with van der Waals surface area (Å²) in [7, 11) is 0. The maximum absolute atomic E-state index is 12.8. The Morgan fingerprint density at radius 3 is 2.89 bits per heavy atom. The van der Waals surface area contributed by atoms with Crippen molar-refractivity contribution in [2.75, 3.05) is 18.4 Å². The zero-order valence-corrected chi connectivity index (χ0v) is 16.1. The van der Waals surface area contributed by atoms with Gasteiger partial charge in [0.2, 0.25) is 0 Å². The van der Waals surface area contributed by atoms with Gasteiger partial charge < -0.3 is 15.0 Å². The fourth-order valence-electron chi connectivity index (χ4n) is 3.49. The highest BCUT2D eigenvalue weighted by molar-refractivity contribution is 5.69. The molecule has 3 rings (SSSR count). The number of unbranched alkanes of at least 4 members (excludes halogenated alkanes) is 1. The molecular formula is C22H29N3O2. The molecule has 2 aromatic rings. The van der Waals surface area contributed by atoms with Gasteiger partial charge in [0.05, 0.1) is 6.04 Å². The molecule has 1 fully saturated rings. The molecule has 1 atom stereocenters. The Kier molecular flexibility index (Phi) is 7.08. The number of benzene rings is 1. The van der Waals surface area contributed by atoms with Crippen LogP contribution >= 0.6 is 0 Å². The number of piperidine rings is 1. The molecule has 1 aromatic heterocycles. The molecule has 0 bridgehead atoms. The number of carbonyl (C=O) groups is 1. The third-order valence-electron chi connectivity index (χ3n) is 4.96. The predicted molar refractivity (Wildman–Crippen MR) is 108 cm³/mol. The number of hydrogen-bond acceptors (Lipinski definition) is 4. The van der Waals surface area contributed by atoms with Crippen LogP contribution in [0.2, 0.25) is 0 Å². The van der Waals surface area contributed by atoms with E-state index in [4.69, 9.17) is 4.74 Å². The van der Waals surface area contributed by atoms with E-state index in [1.165, 1.54) is 0 Å². The molecule has 0 spiro atoms. The number of rotatable bonds is 7. The lowest BCUT2D eigenvalue weighted by Crippen LogP contribution is -2.39. The van der Waals surface area contributed by atoms with Crippen LogP contribution in [0.5, 0.6) is 0 Å². The van der Waals surface area contributed by atoms with Crippen LogP contribution in [0.15, 0.2) is 48.7 Å². The second-order valence-corrected chi connectivity index (χ2v) is 6.97. The zero-order valence-electron chi connectivity index (χ0n) is 16.1. The van der Waals surface area contributed by atoms with Crippen molar-refractivity contribution in [3.63, 3.8) is 0 Å². The molecule has 0 radical (unpaired) electrons. The third kappa shape index (κ3) is 5.22. The Morgan fingerprint density at radius 1 is 1.22 bits per heavy atom. The van der Waals surface area contributed by atoms with Crippen molar-refractivity contribution in [3.05, 3.63) is 59.8 Å². The number of anilines is 1. The Morgan fingerprint density at radius 2 is 2.07 bits per heavy atom. The number of nitrogens with zero attached hydrogens (tertiary/aromatic N) is 2. The van der Waals surface area contributed by atoms with Crippen molar-refractivity contribution in [3.8, 4) is 0 Å². The molecule has 27 heavy (non-hydrogen) atoms. The topological polar surface area (TPSA) is 54.5 Å². The molecule has 1 N–H and O–H groups in total. The Labute approximate surface area is 161 Å². The van der Waals surface area contributed by atoms with Gasteiger partial charge in [0, 0.05) is 24.8 Å². The maximum Gasteiger partial charge on any atom is 0.410 e. The summed E-state index contributed by atoms with van der Waals surface area (Å²) in [6.45, 7) is 4.09. The molecule has 1 amide bonds. The van der Waals surface area contributed by atoms with Gasteiger partial charge in [-0.3, -0.25) is 0 Å². The zero-order chi connectivity index (χ0) is 18.9. The highest BCUT2D eigenvalue weighted by Gasteiger charge is 2.31. The fraction of sp³-hybridized carbons (Fsp3) is 0.455. The summed E-state index contributed by atoms with van der Waals surface area (Å²) in [5, 5.41) is 3.44. The van der Waals surface area contributed by atoms with Crippen LogP contribution in [-0.2, 0) is 11.3 Å². The Balaban J connectivity index is 1.70. The van der Waals surface area contributed by atoms with Crippen LogP contribution in [0.3, 0.4) is 0 Å². The average molecular weight is 367 g/mol. The van der Waals surface area contributed by atoms with Crippen molar-refractivity contribution in [2.45, 2.75) is 51.7 Å². The van der Waals surface area contributed by atoms with Gasteiger partial charge in [-0.15, -0.1) is 0 Å². The minimum atomic E-state index is -0.244. The number of likely N-dealkylation sites (tertiary alicyclic amines) is 1. The van der Waals surface area contributed by atoms with Crippen LogP contribution in [0.1, 0.15) is 56.2 Å². The smallest absolute Gasteiger partial charge is 0.410 e. The summed E-state index contributed by atoms with van der Waals surface area (Å²) in [5.41, 5.74) is 2.09. The van der Waals surface area contributed by atoms with Crippen LogP contribution in [0, 0.1) is 0 Å². The number of nitrogens with one attached hydrogen (secondary N) is 1. The molecule has 5 nitrogen and oxygen atoms in total. The molecule has 5 heteroatoms. The van der Waals surface area contributed by atoms with Crippen molar-refractivity contribution in [2.24, 2.45) is 0 Å². The monoisotopic (exact) mass is 367 g/mol. The van der Waals surface area contributed by atoms with E-state index < -0.39 is 0 Å². The van der Waals surface area contributed by atoms with E-state index in [1.807, 2.05) is 41.3 Å². The molecular weight excluding hydrogens is 338 g/mol. The summed E-state index contributed by atoms with van der Waals surface area (Å²) in [4.78, 5) is 19.2. The van der Waals surface area contributed by atoms with E-state index >= 15 is 0 Å². The maximum atomic E-state index is 12.8. The van der Waals surface area contributed by atoms with Crippen LogP contribution in [-0.4, -0.2) is 29.1 Å².